The molecule has 0 bridgehead atoms. The molecule has 0 aromatic carbocycles. The van der Waals surface area contributed by atoms with E-state index in [1.54, 1.807) is 0 Å². The van der Waals surface area contributed by atoms with Crippen molar-refractivity contribution in [1.82, 2.24) is 0 Å². The summed E-state index contributed by atoms with van der Waals surface area (Å²) in [5.41, 5.74) is 0. The molecule has 0 heterocycles. The van der Waals surface area contributed by atoms with E-state index in [0.29, 0.717) is 0 Å². The second-order valence-corrected chi connectivity index (χ2v) is 0.781. The Morgan fingerprint density at radius 2 is 1.33 bits per heavy atom. The van der Waals surface area contributed by atoms with E-state index in [1.807, 2.05) is 0 Å². The second kappa shape index (κ2) is 2.54. The van der Waals surface area contributed by atoms with Crippen LogP contribution in [0, 0.1) is 0 Å². The zero-order chi connectivity index (χ0) is 4.50. The Hall–Kier alpha value is 0.387. The molecule has 0 unspecified atom stereocenters. The molecule has 0 fully saturated rings. The van der Waals surface area contributed by atoms with Crippen molar-refractivity contribution in [2.24, 2.45) is 0 Å². The zero-order valence-corrected chi connectivity index (χ0v) is 3.63. The minimum atomic E-state index is -4.00. The van der Waals surface area contributed by atoms with Gasteiger partial charge in [-0.15, -0.1) is 0 Å². The third kappa shape index (κ3) is 335. The maximum atomic E-state index is 10.4. The third-order valence-corrected chi connectivity index (χ3v) is 0. The standard InChI is InChI=1S/C2H3F3.Li.H/c1-2(3,4)5;;/h1H3;;/q;+1;-1. The molecule has 0 spiro atoms. The van der Waals surface area contributed by atoms with Gasteiger partial charge in [0.05, 0.1) is 0 Å². The number of hydrogen-bond acceptors (Lipinski definition) is 0. The van der Waals surface area contributed by atoms with Gasteiger partial charge >= 0.3 is 25.0 Å². The van der Waals surface area contributed by atoms with Gasteiger partial charge in [0.1, 0.15) is 0 Å². The van der Waals surface area contributed by atoms with Gasteiger partial charge in [-0.3, -0.25) is 0 Å². The van der Waals surface area contributed by atoms with Crippen molar-refractivity contribution in [2.75, 3.05) is 0 Å². The van der Waals surface area contributed by atoms with Gasteiger partial charge < -0.3 is 1.43 Å². The minimum Gasteiger partial charge on any atom is -1.00 e. The van der Waals surface area contributed by atoms with Crippen LogP contribution >= 0.6 is 0 Å². The monoisotopic (exact) mass is 92.0 g/mol. The van der Waals surface area contributed by atoms with E-state index >= 15 is 0 Å². The Labute approximate surface area is 47.4 Å². The first-order chi connectivity index (χ1) is 2.00. The van der Waals surface area contributed by atoms with Crippen LogP contribution in [0.5, 0.6) is 0 Å². The molecule has 0 aromatic rings. The van der Waals surface area contributed by atoms with Crippen molar-refractivity contribution >= 4 is 0 Å². The van der Waals surface area contributed by atoms with E-state index < -0.39 is 6.18 Å². The van der Waals surface area contributed by atoms with Crippen LogP contribution in [0.4, 0.5) is 13.2 Å². The third-order valence-electron chi connectivity index (χ3n) is 0. The van der Waals surface area contributed by atoms with Crippen LogP contribution in [0.15, 0.2) is 0 Å². The number of halogens is 3. The van der Waals surface area contributed by atoms with Crippen LogP contribution in [0.1, 0.15) is 8.35 Å². The van der Waals surface area contributed by atoms with E-state index in [2.05, 4.69) is 0 Å². The summed E-state index contributed by atoms with van der Waals surface area (Å²) in [6.07, 6.45) is -4.00. The molecule has 0 rings (SSSR count). The molecule has 0 N–H and O–H groups in total. The summed E-state index contributed by atoms with van der Waals surface area (Å²) in [7, 11) is 0. The Morgan fingerprint density at radius 3 is 1.33 bits per heavy atom. The molecular weight excluding hydrogens is 88.0 g/mol. The van der Waals surface area contributed by atoms with E-state index in [9.17, 15) is 13.2 Å². The molecule has 6 heavy (non-hydrogen) atoms. The average Bonchev–Trinajstić information content (AvgIpc) is 0.722. The van der Waals surface area contributed by atoms with Gasteiger partial charge in [-0.05, 0) is 0 Å². The first kappa shape index (κ1) is 9.63. The van der Waals surface area contributed by atoms with Crippen LogP contribution in [-0.2, 0) is 0 Å². The van der Waals surface area contributed by atoms with Crippen molar-refractivity contribution in [1.29, 1.82) is 0 Å². The molecule has 0 aliphatic carbocycles. The van der Waals surface area contributed by atoms with Crippen molar-refractivity contribution < 1.29 is 33.5 Å². The van der Waals surface area contributed by atoms with Crippen molar-refractivity contribution in [2.45, 2.75) is 13.1 Å². The quantitative estimate of drug-likeness (QED) is 0.325. The number of alkyl halides is 3. The van der Waals surface area contributed by atoms with Crippen LogP contribution in [0.2, 0.25) is 0 Å². The predicted molar refractivity (Wildman–Crippen MR) is 12.8 cm³/mol. The summed E-state index contributed by atoms with van der Waals surface area (Å²) >= 11 is 0. The molecule has 0 saturated heterocycles. The second-order valence-electron chi connectivity index (χ2n) is 0.781. The molecule has 0 amide bonds. The Kier molecular flexibility index (Phi) is 4.08. The van der Waals surface area contributed by atoms with E-state index in [-0.39, 0.29) is 27.2 Å². The first-order valence-electron chi connectivity index (χ1n) is 1.07. The summed E-state index contributed by atoms with van der Waals surface area (Å²) in [5.74, 6) is 0. The van der Waals surface area contributed by atoms with E-state index in [4.69, 9.17) is 0 Å². The van der Waals surface area contributed by atoms with Gasteiger partial charge in [0.2, 0.25) is 0 Å². The maximum absolute atomic E-state index is 10.4. The number of hydrogen-bond donors (Lipinski definition) is 0. The molecule has 0 atom stereocenters. The summed E-state index contributed by atoms with van der Waals surface area (Å²) in [6, 6.07) is 0. The van der Waals surface area contributed by atoms with Crippen molar-refractivity contribution in [3.8, 4) is 0 Å². The predicted octanol–water partition coefficient (Wildman–Crippen LogP) is -1.31. The molecule has 0 saturated carbocycles. The smallest absolute Gasteiger partial charge is 1.00 e. The average molecular weight is 92.0 g/mol. The fourth-order valence-corrected chi connectivity index (χ4v) is 0. The molecule has 4 heteroatoms. The van der Waals surface area contributed by atoms with Crippen LogP contribution in [0.25, 0.3) is 0 Å². The molecule has 0 aliphatic heterocycles. The number of rotatable bonds is 0. The summed E-state index contributed by atoms with van der Waals surface area (Å²) < 4.78 is 31.1. The van der Waals surface area contributed by atoms with Gasteiger partial charge in [-0.25, -0.2) is 0 Å². The normalized spacial score (nSPS) is 10.0. The minimum absolute atomic E-state index is 0. The zero-order valence-electron chi connectivity index (χ0n) is 4.63. The fraction of sp³-hybridized carbons (Fsp3) is 1.00. The Balaban J connectivity index is -0.0000000800. The molecule has 0 aliphatic rings. The van der Waals surface area contributed by atoms with Crippen molar-refractivity contribution in [3.63, 3.8) is 0 Å². The molecule has 0 aromatic heterocycles. The van der Waals surface area contributed by atoms with Gasteiger partial charge in [-0.1, -0.05) is 0 Å². The van der Waals surface area contributed by atoms with Crippen LogP contribution < -0.4 is 18.9 Å². The SMILES string of the molecule is CC(F)(F)F.[H-].[Li+]. The van der Waals surface area contributed by atoms with Gasteiger partial charge in [-0.2, -0.15) is 13.2 Å². The van der Waals surface area contributed by atoms with Crippen LogP contribution in [0.3, 0.4) is 0 Å². The summed E-state index contributed by atoms with van der Waals surface area (Å²) in [6.45, 7) is 0.188. The fourth-order valence-electron chi connectivity index (χ4n) is 0. The van der Waals surface area contributed by atoms with Crippen LogP contribution in [-0.4, -0.2) is 6.18 Å². The first-order valence-corrected chi connectivity index (χ1v) is 1.07. The Bertz CT molecular complexity index is 28.4. The summed E-state index contributed by atoms with van der Waals surface area (Å²) in [5, 5.41) is 0. The van der Waals surface area contributed by atoms with Gasteiger partial charge in [0.15, 0.2) is 0 Å². The topological polar surface area (TPSA) is 0 Å². The molecule has 0 radical (unpaired) electrons. The summed E-state index contributed by atoms with van der Waals surface area (Å²) in [4.78, 5) is 0. The van der Waals surface area contributed by atoms with E-state index in [1.165, 1.54) is 0 Å². The van der Waals surface area contributed by atoms with Crippen molar-refractivity contribution in [3.05, 3.63) is 0 Å². The van der Waals surface area contributed by atoms with Gasteiger partial charge in [0, 0.05) is 6.92 Å². The van der Waals surface area contributed by atoms with Gasteiger partial charge in [0.25, 0.3) is 0 Å². The maximum Gasteiger partial charge on any atom is 1.00 e. The molecular formula is C2H4F3Li. The van der Waals surface area contributed by atoms with E-state index in [0.717, 1.165) is 0 Å². The largest absolute Gasteiger partial charge is 1.00 e. The molecule has 0 nitrogen and oxygen atoms in total. The Morgan fingerprint density at radius 1 is 1.33 bits per heavy atom. The molecule has 34 valence electrons.